The van der Waals surface area contributed by atoms with Gasteiger partial charge in [-0.05, 0) is 48.2 Å². The predicted molar refractivity (Wildman–Crippen MR) is 96.0 cm³/mol. The summed E-state index contributed by atoms with van der Waals surface area (Å²) in [5.74, 6) is 0.181. The van der Waals surface area contributed by atoms with Crippen molar-refractivity contribution in [1.29, 1.82) is 0 Å². The van der Waals surface area contributed by atoms with E-state index in [1.807, 2.05) is 36.6 Å². The van der Waals surface area contributed by atoms with Crippen LogP contribution >= 0.6 is 11.3 Å². The van der Waals surface area contributed by atoms with E-state index >= 15 is 0 Å². The predicted octanol–water partition coefficient (Wildman–Crippen LogP) is 3.01. The molecule has 2 heterocycles. The molecule has 1 amide bonds. The second-order valence-electron chi connectivity index (χ2n) is 5.97. The van der Waals surface area contributed by atoms with Crippen LogP contribution in [0.5, 0.6) is 0 Å². The molecule has 0 aliphatic carbocycles. The largest absolute Gasteiger partial charge is 0.463 e. The van der Waals surface area contributed by atoms with Crippen LogP contribution in [0.1, 0.15) is 16.2 Å². The molecule has 2 N–H and O–H groups in total. The van der Waals surface area contributed by atoms with Gasteiger partial charge in [0.15, 0.2) is 12.3 Å². The number of halogens is 1. The molecule has 0 aliphatic heterocycles. The van der Waals surface area contributed by atoms with Gasteiger partial charge in [0.05, 0.1) is 16.8 Å². The average Bonchev–Trinajstić information content (AvgIpc) is 3.24. The van der Waals surface area contributed by atoms with Crippen LogP contribution in [0.15, 0.2) is 58.5 Å². The van der Waals surface area contributed by atoms with Crippen LogP contribution in [-0.4, -0.2) is 12.5 Å². The number of thiophene rings is 1. The van der Waals surface area contributed by atoms with Crippen LogP contribution in [0, 0.1) is 12.7 Å². The highest BCUT2D eigenvalue weighted by molar-refractivity contribution is 7.09. The lowest BCUT2D eigenvalue weighted by Crippen LogP contribution is -3.10. The van der Waals surface area contributed by atoms with E-state index in [1.54, 1.807) is 29.7 Å². The topological polar surface area (TPSA) is 46.7 Å². The van der Waals surface area contributed by atoms with E-state index in [4.69, 9.17) is 4.42 Å². The molecule has 0 radical (unpaired) electrons. The highest BCUT2D eigenvalue weighted by atomic mass is 32.1. The Bertz CT molecular complexity index is 780. The molecule has 0 bridgehead atoms. The van der Waals surface area contributed by atoms with E-state index in [-0.39, 0.29) is 18.1 Å². The summed E-state index contributed by atoms with van der Waals surface area (Å²) in [7, 11) is 0. The Labute approximate surface area is 149 Å². The number of rotatable bonds is 7. The monoisotopic (exact) mass is 359 g/mol. The van der Waals surface area contributed by atoms with Crippen molar-refractivity contribution >= 4 is 22.9 Å². The van der Waals surface area contributed by atoms with Crippen LogP contribution in [-0.2, 0) is 17.9 Å². The Morgan fingerprint density at radius 3 is 2.80 bits per heavy atom. The zero-order valence-corrected chi connectivity index (χ0v) is 14.7. The first kappa shape index (κ1) is 17.4. The van der Waals surface area contributed by atoms with Crippen molar-refractivity contribution in [2.45, 2.75) is 20.0 Å². The highest BCUT2D eigenvalue weighted by Gasteiger charge is 2.18. The molecule has 1 unspecified atom stereocenters. The quantitative estimate of drug-likeness (QED) is 0.681. The molecule has 2 aromatic heterocycles. The minimum absolute atomic E-state index is 0.212. The summed E-state index contributed by atoms with van der Waals surface area (Å²) in [6, 6.07) is 12.5. The van der Waals surface area contributed by atoms with Gasteiger partial charge in [-0.1, -0.05) is 12.1 Å². The van der Waals surface area contributed by atoms with Gasteiger partial charge in [0, 0.05) is 0 Å². The molecule has 130 valence electrons. The summed E-state index contributed by atoms with van der Waals surface area (Å²) in [6.45, 7) is 3.34. The molecule has 3 aromatic rings. The summed E-state index contributed by atoms with van der Waals surface area (Å²) >= 11 is 1.66. The van der Waals surface area contributed by atoms with E-state index in [2.05, 4.69) is 5.32 Å². The molecule has 0 saturated heterocycles. The van der Waals surface area contributed by atoms with Crippen molar-refractivity contribution in [3.63, 3.8) is 0 Å². The molecule has 4 nitrogen and oxygen atoms in total. The molecule has 1 atom stereocenters. The van der Waals surface area contributed by atoms with Gasteiger partial charge >= 0.3 is 0 Å². The second kappa shape index (κ2) is 8.09. The summed E-state index contributed by atoms with van der Waals surface area (Å²) in [4.78, 5) is 14.6. The van der Waals surface area contributed by atoms with Crippen molar-refractivity contribution in [1.82, 2.24) is 0 Å². The molecular formula is C19H20FN2O2S+. The molecule has 25 heavy (non-hydrogen) atoms. The van der Waals surface area contributed by atoms with Crippen LogP contribution < -0.4 is 10.2 Å². The number of quaternary nitrogens is 1. The summed E-state index contributed by atoms with van der Waals surface area (Å²) in [5, 5.41) is 4.68. The number of carbonyl (C=O) groups excluding carboxylic acids is 1. The molecule has 0 aliphatic rings. The van der Waals surface area contributed by atoms with Crippen molar-refractivity contribution < 1.29 is 18.5 Å². The number of carbonyl (C=O) groups is 1. The van der Waals surface area contributed by atoms with E-state index in [0.717, 1.165) is 16.2 Å². The van der Waals surface area contributed by atoms with Gasteiger partial charge in [0.1, 0.15) is 18.9 Å². The van der Waals surface area contributed by atoms with Crippen LogP contribution in [0.4, 0.5) is 10.1 Å². The van der Waals surface area contributed by atoms with Gasteiger partial charge in [-0.25, -0.2) is 4.39 Å². The number of aryl methyl sites for hydroxylation is 1. The number of furan rings is 1. The van der Waals surface area contributed by atoms with E-state index in [1.165, 1.54) is 10.9 Å². The van der Waals surface area contributed by atoms with Crippen molar-refractivity contribution in [3.05, 3.63) is 76.1 Å². The molecule has 0 spiro atoms. The maximum atomic E-state index is 13.9. The Balaban J connectivity index is 1.66. The maximum absolute atomic E-state index is 13.9. The summed E-state index contributed by atoms with van der Waals surface area (Å²) in [6.07, 6.45) is 1.62. The lowest BCUT2D eigenvalue weighted by atomic mass is 10.2. The van der Waals surface area contributed by atoms with Gasteiger partial charge in [-0.3, -0.25) is 4.79 Å². The smallest absolute Gasteiger partial charge is 0.279 e. The molecule has 1 aromatic carbocycles. The summed E-state index contributed by atoms with van der Waals surface area (Å²) < 4.78 is 19.3. The van der Waals surface area contributed by atoms with Crippen molar-refractivity contribution in [2.24, 2.45) is 0 Å². The normalized spacial score (nSPS) is 12.1. The van der Waals surface area contributed by atoms with Crippen LogP contribution in [0.25, 0.3) is 0 Å². The van der Waals surface area contributed by atoms with Crippen LogP contribution in [0.3, 0.4) is 0 Å². The Morgan fingerprint density at radius 1 is 1.24 bits per heavy atom. The van der Waals surface area contributed by atoms with Gasteiger partial charge < -0.3 is 14.6 Å². The standard InChI is InChI=1S/C19H19FN2O2S/c1-14-6-7-18(17(20)10-14)21-19(23)13-22(11-15-4-2-8-24-15)12-16-5-3-9-25-16/h2-10H,11-13H2,1H3,(H,21,23)/p+1. The fourth-order valence-corrected chi connectivity index (χ4v) is 3.43. The number of amides is 1. The minimum Gasteiger partial charge on any atom is -0.463 e. The average molecular weight is 359 g/mol. The van der Waals surface area contributed by atoms with Crippen LogP contribution in [0.2, 0.25) is 0 Å². The minimum atomic E-state index is -0.417. The fraction of sp³-hybridized carbons (Fsp3) is 0.211. The molecule has 6 heteroatoms. The lowest BCUT2D eigenvalue weighted by Gasteiger charge is -2.17. The molecule has 3 rings (SSSR count). The molecular weight excluding hydrogens is 339 g/mol. The first-order chi connectivity index (χ1) is 12.1. The SMILES string of the molecule is Cc1ccc(NC(=O)C[NH+](Cc2ccco2)Cc2cccs2)c(F)c1. The number of benzene rings is 1. The number of hydrogen-bond acceptors (Lipinski definition) is 3. The van der Waals surface area contributed by atoms with E-state index < -0.39 is 5.82 Å². The summed E-state index contributed by atoms with van der Waals surface area (Å²) in [5.41, 5.74) is 1.03. The van der Waals surface area contributed by atoms with E-state index in [0.29, 0.717) is 13.1 Å². The molecule has 0 fully saturated rings. The third-order valence-electron chi connectivity index (χ3n) is 3.82. The number of nitrogens with one attached hydrogen (secondary N) is 2. The first-order valence-corrected chi connectivity index (χ1v) is 8.92. The Kier molecular flexibility index (Phi) is 5.63. The lowest BCUT2D eigenvalue weighted by molar-refractivity contribution is -0.920. The maximum Gasteiger partial charge on any atom is 0.279 e. The van der Waals surface area contributed by atoms with Crippen molar-refractivity contribution in [2.75, 3.05) is 11.9 Å². The van der Waals surface area contributed by atoms with Gasteiger partial charge in [-0.15, -0.1) is 11.3 Å². The zero-order valence-electron chi connectivity index (χ0n) is 13.9. The Hall–Kier alpha value is -2.44. The van der Waals surface area contributed by atoms with Gasteiger partial charge in [0.2, 0.25) is 0 Å². The fourth-order valence-electron chi connectivity index (χ4n) is 2.65. The third-order valence-corrected chi connectivity index (χ3v) is 4.69. The molecule has 0 saturated carbocycles. The van der Waals surface area contributed by atoms with Gasteiger partial charge in [-0.2, -0.15) is 0 Å². The second-order valence-corrected chi connectivity index (χ2v) is 7.00. The third kappa shape index (κ3) is 5.01. The Morgan fingerprint density at radius 2 is 2.12 bits per heavy atom. The van der Waals surface area contributed by atoms with Gasteiger partial charge in [0.25, 0.3) is 5.91 Å². The van der Waals surface area contributed by atoms with E-state index in [9.17, 15) is 9.18 Å². The first-order valence-electron chi connectivity index (χ1n) is 8.04. The highest BCUT2D eigenvalue weighted by Crippen LogP contribution is 2.14. The number of anilines is 1. The zero-order chi connectivity index (χ0) is 17.6. The number of hydrogen-bond donors (Lipinski definition) is 2. The van der Waals surface area contributed by atoms with Crippen molar-refractivity contribution in [3.8, 4) is 0 Å².